The number of fused-ring (bicyclic) bond motifs is 1. The number of benzene rings is 2. The van der Waals surface area contributed by atoms with Crippen LogP contribution in [0.1, 0.15) is 33.8 Å². The Kier molecular flexibility index (Phi) is 6.35. The summed E-state index contributed by atoms with van der Waals surface area (Å²) in [6.07, 6.45) is 0.781. The van der Waals surface area contributed by atoms with Gasteiger partial charge in [0.25, 0.3) is 0 Å². The second-order valence-corrected chi connectivity index (χ2v) is 9.71. The Bertz CT molecular complexity index is 1260. The Labute approximate surface area is 198 Å². The molecule has 6 nitrogen and oxygen atoms in total. The fraction of sp³-hybridized carbons (Fsp3) is 0.346. The van der Waals surface area contributed by atoms with Crippen LogP contribution in [0.15, 0.2) is 42.5 Å². The highest BCUT2D eigenvalue weighted by atomic mass is 32.1. The van der Waals surface area contributed by atoms with Crippen LogP contribution in [0.3, 0.4) is 0 Å². The van der Waals surface area contributed by atoms with E-state index in [2.05, 4.69) is 71.5 Å². The number of rotatable bonds is 6. The summed E-state index contributed by atoms with van der Waals surface area (Å²) in [5.74, 6) is 1.60. The lowest BCUT2D eigenvalue weighted by Crippen LogP contribution is -2.35. The Morgan fingerprint density at radius 1 is 0.939 bits per heavy atom. The minimum atomic E-state index is 0.761. The molecule has 2 aromatic heterocycles. The van der Waals surface area contributed by atoms with Crippen molar-refractivity contribution in [1.82, 2.24) is 19.9 Å². The predicted octanol–water partition coefficient (Wildman–Crippen LogP) is 5.18. The van der Waals surface area contributed by atoms with E-state index in [-0.39, 0.29) is 0 Å². The van der Waals surface area contributed by atoms with Crippen molar-refractivity contribution < 1.29 is 4.74 Å². The van der Waals surface area contributed by atoms with Crippen LogP contribution in [0.25, 0.3) is 10.2 Å². The second-order valence-electron chi connectivity index (χ2n) is 8.68. The van der Waals surface area contributed by atoms with Gasteiger partial charge in [0.2, 0.25) is 0 Å². The molecule has 0 amide bonds. The third-order valence-corrected chi connectivity index (χ3v) is 6.95. The molecule has 170 valence electrons. The third-order valence-electron chi connectivity index (χ3n) is 6.02. The molecule has 7 heteroatoms. The average Bonchev–Trinajstić information content (AvgIpc) is 3.19. The van der Waals surface area contributed by atoms with Gasteiger partial charge in [0.05, 0.1) is 23.4 Å². The molecule has 3 heterocycles. The van der Waals surface area contributed by atoms with E-state index in [9.17, 15) is 0 Å². The summed E-state index contributed by atoms with van der Waals surface area (Å²) >= 11 is 1.67. The third kappa shape index (κ3) is 5.21. The molecule has 1 saturated heterocycles. The monoisotopic (exact) mass is 459 g/mol. The molecule has 0 radical (unpaired) electrons. The zero-order chi connectivity index (χ0) is 22.8. The highest BCUT2D eigenvalue weighted by Gasteiger charge is 2.15. The lowest BCUT2D eigenvalue weighted by Gasteiger charge is -2.26. The first kappa shape index (κ1) is 21.9. The van der Waals surface area contributed by atoms with Crippen LogP contribution in [0.4, 0.5) is 10.9 Å². The molecule has 4 aromatic rings. The Morgan fingerprint density at radius 2 is 1.70 bits per heavy atom. The van der Waals surface area contributed by atoms with Gasteiger partial charge in [0, 0.05) is 37.3 Å². The minimum Gasteiger partial charge on any atom is -0.379 e. The van der Waals surface area contributed by atoms with Gasteiger partial charge in [-0.25, -0.2) is 15.0 Å². The maximum absolute atomic E-state index is 5.47. The lowest BCUT2D eigenvalue weighted by atomic mass is 10.0. The van der Waals surface area contributed by atoms with Crippen molar-refractivity contribution in [1.29, 1.82) is 0 Å². The smallest absolute Gasteiger partial charge is 0.189 e. The van der Waals surface area contributed by atoms with E-state index >= 15 is 0 Å². The molecule has 33 heavy (non-hydrogen) atoms. The molecule has 2 aromatic carbocycles. The molecule has 1 aliphatic heterocycles. The van der Waals surface area contributed by atoms with Gasteiger partial charge >= 0.3 is 0 Å². The maximum atomic E-state index is 5.47. The minimum absolute atomic E-state index is 0.761. The molecule has 1 fully saturated rings. The van der Waals surface area contributed by atoms with Gasteiger partial charge in [-0.1, -0.05) is 47.2 Å². The van der Waals surface area contributed by atoms with Crippen molar-refractivity contribution >= 4 is 32.5 Å². The summed E-state index contributed by atoms with van der Waals surface area (Å²) in [5.41, 5.74) is 6.94. The van der Waals surface area contributed by atoms with Crippen molar-refractivity contribution in [2.75, 3.05) is 31.6 Å². The first-order valence-electron chi connectivity index (χ1n) is 11.4. The number of nitrogens with zero attached hydrogens (tertiary/aromatic N) is 4. The molecule has 0 bridgehead atoms. The van der Waals surface area contributed by atoms with E-state index in [1.54, 1.807) is 11.3 Å². The number of thiazole rings is 1. The molecule has 0 saturated carbocycles. The zero-order valence-electron chi connectivity index (χ0n) is 19.4. The molecular weight excluding hydrogens is 430 g/mol. The average molecular weight is 460 g/mol. The summed E-state index contributed by atoms with van der Waals surface area (Å²) in [5, 5.41) is 4.36. The van der Waals surface area contributed by atoms with Crippen LogP contribution < -0.4 is 5.32 Å². The van der Waals surface area contributed by atoms with Crippen LogP contribution in [0.2, 0.25) is 0 Å². The van der Waals surface area contributed by atoms with Crippen LogP contribution >= 0.6 is 11.3 Å². The predicted molar refractivity (Wildman–Crippen MR) is 134 cm³/mol. The van der Waals surface area contributed by atoms with Crippen molar-refractivity contribution in [2.24, 2.45) is 0 Å². The molecule has 0 atom stereocenters. The van der Waals surface area contributed by atoms with Gasteiger partial charge in [-0.3, -0.25) is 4.90 Å². The van der Waals surface area contributed by atoms with Gasteiger partial charge < -0.3 is 10.1 Å². The van der Waals surface area contributed by atoms with Crippen LogP contribution in [0, 0.1) is 20.8 Å². The van der Waals surface area contributed by atoms with E-state index in [1.807, 2.05) is 6.92 Å². The fourth-order valence-electron chi connectivity index (χ4n) is 4.20. The van der Waals surface area contributed by atoms with Gasteiger partial charge in [0.1, 0.15) is 11.6 Å². The van der Waals surface area contributed by atoms with Gasteiger partial charge in [-0.2, -0.15) is 0 Å². The number of anilines is 2. The first-order valence-corrected chi connectivity index (χ1v) is 12.2. The quantitative estimate of drug-likeness (QED) is 0.429. The molecule has 1 N–H and O–H groups in total. The summed E-state index contributed by atoms with van der Waals surface area (Å²) in [4.78, 5) is 16.6. The van der Waals surface area contributed by atoms with Crippen LogP contribution in [-0.4, -0.2) is 46.2 Å². The number of hydrogen-bond donors (Lipinski definition) is 1. The normalized spacial score (nSPS) is 14.6. The topological polar surface area (TPSA) is 63.2 Å². The maximum Gasteiger partial charge on any atom is 0.189 e. The van der Waals surface area contributed by atoms with Crippen molar-refractivity contribution in [3.63, 3.8) is 0 Å². The SMILES string of the molecule is Cc1ccc(Cc2c(C)nc(C)nc2Nc2nc3ccc(CN4CCOCC4)cc3s2)cc1. The van der Waals surface area contributed by atoms with E-state index in [4.69, 9.17) is 14.7 Å². The van der Waals surface area contributed by atoms with E-state index < -0.39 is 0 Å². The standard InChI is InChI=1S/C26H29N5OS/c1-17-4-6-20(7-5-17)14-22-18(2)27-19(3)28-25(22)30-26-29-23-9-8-21(15-24(23)33-26)16-31-10-12-32-13-11-31/h4-9,15H,10-14,16H2,1-3H3,(H,27,28,29,30). The largest absolute Gasteiger partial charge is 0.379 e. The van der Waals surface area contributed by atoms with Crippen molar-refractivity contribution in [3.8, 4) is 0 Å². The Balaban J connectivity index is 1.39. The molecule has 0 unspecified atom stereocenters. The molecule has 1 aliphatic rings. The number of morpholine rings is 1. The number of aromatic nitrogens is 3. The van der Waals surface area contributed by atoms with Gasteiger partial charge in [0.15, 0.2) is 5.13 Å². The highest BCUT2D eigenvalue weighted by Crippen LogP contribution is 2.31. The van der Waals surface area contributed by atoms with Crippen LogP contribution in [0.5, 0.6) is 0 Å². The number of nitrogens with one attached hydrogen (secondary N) is 1. The van der Waals surface area contributed by atoms with Gasteiger partial charge in [-0.15, -0.1) is 0 Å². The molecular formula is C26H29N5OS. The lowest BCUT2D eigenvalue weighted by molar-refractivity contribution is 0.0342. The second kappa shape index (κ2) is 9.55. The van der Waals surface area contributed by atoms with Crippen molar-refractivity contribution in [3.05, 3.63) is 76.2 Å². The Morgan fingerprint density at radius 3 is 2.48 bits per heavy atom. The summed E-state index contributed by atoms with van der Waals surface area (Å²) < 4.78 is 6.65. The molecule has 0 aliphatic carbocycles. The number of hydrogen-bond acceptors (Lipinski definition) is 7. The van der Waals surface area contributed by atoms with Crippen molar-refractivity contribution in [2.45, 2.75) is 33.7 Å². The Hall–Kier alpha value is -2.87. The summed E-state index contributed by atoms with van der Waals surface area (Å²) in [6, 6.07) is 15.2. The fourth-order valence-corrected chi connectivity index (χ4v) is 5.13. The number of ether oxygens (including phenoxy) is 1. The summed E-state index contributed by atoms with van der Waals surface area (Å²) in [6.45, 7) is 10.7. The first-order chi connectivity index (χ1) is 16.0. The number of aryl methyl sites for hydroxylation is 3. The zero-order valence-corrected chi connectivity index (χ0v) is 20.2. The van der Waals surface area contributed by atoms with E-state index in [1.165, 1.54) is 21.4 Å². The van der Waals surface area contributed by atoms with E-state index in [0.717, 1.165) is 72.8 Å². The van der Waals surface area contributed by atoms with Crippen LogP contribution in [-0.2, 0) is 17.7 Å². The van der Waals surface area contributed by atoms with E-state index in [0.29, 0.717) is 0 Å². The molecule has 0 spiro atoms. The summed E-state index contributed by atoms with van der Waals surface area (Å²) in [7, 11) is 0. The van der Waals surface area contributed by atoms with Gasteiger partial charge in [-0.05, 0) is 44.0 Å². The highest BCUT2D eigenvalue weighted by molar-refractivity contribution is 7.22. The molecule has 5 rings (SSSR count).